The third-order valence-electron chi connectivity index (χ3n) is 4.52. The number of carboxylic acid groups (broad SMARTS) is 1. The van der Waals surface area contributed by atoms with E-state index in [1.54, 1.807) is 0 Å². The Hall–Kier alpha value is -2.82. The van der Waals surface area contributed by atoms with Crippen molar-refractivity contribution >= 4 is 17.4 Å². The van der Waals surface area contributed by atoms with Crippen molar-refractivity contribution < 1.29 is 14.6 Å². The summed E-state index contributed by atoms with van der Waals surface area (Å²) < 4.78 is 5.89. The van der Waals surface area contributed by atoms with Gasteiger partial charge in [-0.3, -0.25) is 0 Å². The van der Waals surface area contributed by atoms with Crippen LogP contribution in [0.2, 0.25) is 0 Å². The molecule has 0 amide bonds. The largest absolute Gasteiger partial charge is 0.478 e. The number of allylic oxidation sites excluding steroid dienone is 1. The van der Waals surface area contributed by atoms with E-state index in [0.717, 1.165) is 30.0 Å². The SMILES string of the molecule is CC(C)=C(C(=O)O)c1ccccc1COc1cccc(N2CCCC2)n1. The van der Waals surface area contributed by atoms with Gasteiger partial charge in [-0.1, -0.05) is 35.9 Å². The van der Waals surface area contributed by atoms with Gasteiger partial charge in [-0.2, -0.15) is 4.98 Å². The van der Waals surface area contributed by atoms with Gasteiger partial charge in [0, 0.05) is 19.2 Å². The van der Waals surface area contributed by atoms with Gasteiger partial charge in [0.1, 0.15) is 12.4 Å². The lowest BCUT2D eigenvalue weighted by Gasteiger charge is -2.17. The Bertz CT molecular complexity index is 820. The summed E-state index contributed by atoms with van der Waals surface area (Å²) in [6.45, 7) is 5.95. The average Bonchev–Trinajstić information content (AvgIpc) is 3.15. The second kappa shape index (κ2) is 8.04. The van der Waals surface area contributed by atoms with Crippen LogP contribution in [-0.2, 0) is 11.4 Å². The van der Waals surface area contributed by atoms with Crippen molar-refractivity contribution in [1.29, 1.82) is 0 Å². The van der Waals surface area contributed by atoms with Gasteiger partial charge in [0.15, 0.2) is 0 Å². The third-order valence-corrected chi connectivity index (χ3v) is 4.52. The van der Waals surface area contributed by atoms with Crippen LogP contribution >= 0.6 is 0 Å². The lowest BCUT2D eigenvalue weighted by molar-refractivity contribution is -0.130. The molecule has 0 aliphatic carbocycles. The van der Waals surface area contributed by atoms with E-state index in [9.17, 15) is 9.90 Å². The minimum absolute atomic E-state index is 0.274. The Morgan fingerprint density at radius 1 is 1.12 bits per heavy atom. The first-order valence-corrected chi connectivity index (χ1v) is 8.90. The molecule has 1 fully saturated rings. The summed E-state index contributed by atoms with van der Waals surface area (Å²) in [7, 11) is 0. The summed E-state index contributed by atoms with van der Waals surface area (Å²) in [6, 6.07) is 13.2. The molecule has 3 rings (SSSR count). The Labute approximate surface area is 153 Å². The number of hydrogen-bond acceptors (Lipinski definition) is 4. The van der Waals surface area contributed by atoms with E-state index < -0.39 is 5.97 Å². The highest BCUT2D eigenvalue weighted by atomic mass is 16.5. The highest BCUT2D eigenvalue weighted by Gasteiger charge is 2.17. The lowest BCUT2D eigenvalue weighted by Crippen LogP contribution is -2.19. The quantitative estimate of drug-likeness (QED) is 0.792. The van der Waals surface area contributed by atoms with Gasteiger partial charge in [0.2, 0.25) is 5.88 Å². The molecule has 136 valence electrons. The van der Waals surface area contributed by atoms with Gasteiger partial charge in [0.25, 0.3) is 0 Å². The molecular weight excluding hydrogens is 328 g/mol. The number of hydrogen-bond donors (Lipinski definition) is 1. The number of ether oxygens (including phenoxy) is 1. The van der Waals surface area contributed by atoms with Crippen molar-refractivity contribution in [3.8, 4) is 5.88 Å². The molecule has 0 atom stereocenters. The zero-order valence-corrected chi connectivity index (χ0v) is 15.2. The molecule has 0 saturated carbocycles. The minimum Gasteiger partial charge on any atom is -0.478 e. The number of carboxylic acids is 1. The summed E-state index contributed by atoms with van der Waals surface area (Å²) in [5.41, 5.74) is 2.61. The zero-order chi connectivity index (χ0) is 18.5. The molecule has 2 heterocycles. The molecule has 1 aliphatic heterocycles. The van der Waals surface area contributed by atoms with E-state index in [1.807, 2.05) is 56.3 Å². The Kier molecular flexibility index (Phi) is 5.56. The molecule has 0 bridgehead atoms. The molecular formula is C21H24N2O3. The molecule has 1 aromatic heterocycles. The maximum absolute atomic E-state index is 11.6. The van der Waals surface area contributed by atoms with Gasteiger partial charge in [0.05, 0.1) is 5.57 Å². The molecule has 1 aromatic carbocycles. The standard InChI is InChI=1S/C21H24N2O3/c1-15(2)20(21(24)25)17-9-4-3-8-16(17)14-26-19-11-7-10-18(22-19)23-12-5-6-13-23/h3-4,7-11H,5-6,12-14H2,1-2H3,(H,24,25). The fourth-order valence-corrected chi connectivity index (χ4v) is 3.25. The second-order valence-corrected chi connectivity index (χ2v) is 6.65. The van der Waals surface area contributed by atoms with Crippen LogP contribution in [0.25, 0.3) is 5.57 Å². The van der Waals surface area contributed by atoms with Gasteiger partial charge in [-0.25, -0.2) is 4.79 Å². The fourth-order valence-electron chi connectivity index (χ4n) is 3.25. The Morgan fingerprint density at radius 3 is 2.54 bits per heavy atom. The fraction of sp³-hybridized carbons (Fsp3) is 0.333. The van der Waals surface area contributed by atoms with E-state index in [-0.39, 0.29) is 6.61 Å². The van der Waals surface area contributed by atoms with Crippen molar-refractivity contribution in [3.05, 3.63) is 59.2 Å². The van der Waals surface area contributed by atoms with E-state index in [2.05, 4.69) is 9.88 Å². The van der Waals surface area contributed by atoms with Crippen molar-refractivity contribution in [3.63, 3.8) is 0 Å². The van der Waals surface area contributed by atoms with Crippen LogP contribution in [0.5, 0.6) is 5.88 Å². The minimum atomic E-state index is -0.924. The highest BCUT2D eigenvalue weighted by molar-refractivity contribution is 6.16. The van der Waals surface area contributed by atoms with Crippen LogP contribution in [0.3, 0.4) is 0 Å². The topological polar surface area (TPSA) is 62.7 Å². The molecule has 1 saturated heterocycles. The summed E-state index contributed by atoms with van der Waals surface area (Å²) >= 11 is 0. The first-order chi connectivity index (χ1) is 12.6. The first-order valence-electron chi connectivity index (χ1n) is 8.90. The summed E-state index contributed by atoms with van der Waals surface area (Å²) in [4.78, 5) is 18.5. The molecule has 0 spiro atoms. The summed E-state index contributed by atoms with van der Waals surface area (Å²) in [5, 5.41) is 9.55. The van der Waals surface area contributed by atoms with Crippen LogP contribution in [0, 0.1) is 0 Å². The van der Waals surface area contributed by atoms with Crippen molar-refractivity contribution in [2.24, 2.45) is 0 Å². The number of anilines is 1. The molecule has 2 aromatic rings. The van der Waals surface area contributed by atoms with E-state index in [0.29, 0.717) is 17.0 Å². The molecule has 5 heteroatoms. The normalized spacial score (nSPS) is 13.5. The average molecular weight is 352 g/mol. The number of aromatic nitrogens is 1. The number of nitrogens with zero attached hydrogens (tertiary/aromatic N) is 2. The monoisotopic (exact) mass is 352 g/mol. The Balaban J connectivity index is 1.80. The predicted molar refractivity (Wildman–Crippen MR) is 102 cm³/mol. The number of pyridine rings is 1. The van der Waals surface area contributed by atoms with Gasteiger partial charge < -0.3 is 14.7 Å². The number of carbonyl (C=O) groups is 1. The molecule has 26 heavy (non-hydrogen) atoms. The molecule has 0 unspecified atom stereocenters. The summed E-state index contributed by atoms with van der Waals surface area (Å²) in [6.07, 6.45) is 2.39. The molecule has 1 N–H and O–H groups in total. The van der Waals surface area contributed by atoms with Crippen molar-refractivity contribution in [2.75, 3.05) is 18.0 Å². The van der Waals surface area contributed by atoms with Crippen LogP contribution in [0.4, 0.5) is 5.82 Å². The van der Waals surface area contributed by atoms with Gasteiger partial charge in [-0.05, 0) is 43.9 Å². The van der Waals surface area contributed by atoms with Crippen molar-refractivity contribution in [1.82, 2.24) is 4.98 Å². The predicted octanol–water partition coefficient (Wildman–Crippen LogP) is 4.14. The smallest absolute Gasteiger partial charge is 0.336 e. The zero-order valence-electron chi connectivity index (χ0n) is 15.2. The van der Waals surface area contributed by atoms with E-state index in [1.165, 1.54) is 12.8 Å². The lowest BCUT2D eigenvalue weighted by atomic mass is 9.97. The highest BCUT2D eigenvalue weighted by Crippen LogP contribution is 2.25. The Morgan fingerprint density at radius 2 is 1.85 bits per heavy atom. The maximum atomic E-state index is 11.6. The van der Waals surface area contributed by atoms with Gasteiger partial charge in [-0.15, -0.1) is 0 Å². The van der Waals surface area contributed by atoms with Gasteiger partial charge >= 0.3 is 5.97 Å². The number of rotatable bonds is 6. The number of benzene rings is 1. The maximum Gasteiger partial charge on any atom is 0.336 e. The number of aliphatic carboxylic acids is 1. The molecule has 0 radical (unpaired) electrons. The first kappa shape index (κ1) is 18.0. The molecule has 1 aliphatic rings. The van der Waals surface area contributed by atoms with E-state index in [4.69, 9.17) is 4.74 Å². The van der Waals surface area contributed by atoms with E-state index >= 15 is 0 Å². The van der Waals surface area contributed by atoms with Crippen LogP contribution in [0.15, 0.2) is 48.0 Å². The van der Waals surface area contributed by atoms with Crippen molar-refractivity contribution in [2.45, 2.75) is 33.3 Å². The summed E-state index contributed by atoms with van der Waals surface area (Å²) in [5.74, 6) is 0.564. The third kappa shape index (κ3) is 4.04. The molecule has 5 nitrogen and oxygen atoms in total. The van der Waals surface area contributed by atoms with Crippen LogP contribution < -0.4 is 9.64 Å². The van der Waals surface area contributed by atoms with Crippen LogP contribution in [0.1, 0.15) is 37.8 Å². The second-order valence-electron chi connectivity index (χ2n) is 6.65. The van der Waals surface area contributed by atoms with Crippen LogP contribution in [-0.4, -0.2) is 29.1 Å².